The molecule has 0 fully saturated rings. The van der Waals surface area contributed by atoms with Gasteiger partial charge in [0.25, 0.3) is 0 Å². The standard InChI is InChI=1S/C45H44BrNO/c1-44(2,3)35-24-33(25-36(28-35)45(4,5)6)34-26-39(30-40(27-34)48-7)47(38-21-14-20-37(46)29-38)43-41(31-16-10-8-11-17-31)22-15-23-42(43)32-18-12-9-13-19-32/h8-30H,1-7H3. The minimum atomic E-state index is -0.000728. The summed E-state index contributed by atoms with van der Waals surface area (Å²) in [5, 5.41) is 0. The van der Waals surface area contributed by atoms with Crippen molar-refractivity contribution in [3.8, 4) is 39.1 Å². The molecule has 0 amide bonds. The fourth-order valence-corrected chi connectivity index (χ4v) is 6.55. The van der Waals surface area contributed by atoms with Crippen LogP contribution in [0.4, 0.5) is 17.1 Å². The third kappa shape index (κ3) is 7.12. The van der Waals surface area contributed by atoms with E-state index < -0.39 is 0 Å². The molecule has 48 heavy (non-hydrogen) atoms. The molecule has 0 spiro atoms. The highest BCUT2D eigenvalue weighted by atomic mass is 79.9. The van der Waals surface area contributed by atoms with Gasteiger partial charge in [-0.25, -0.2) is 0 Å². The molecule has 0 heterocycles. The Balaban J connectivity index is 1.69. The Hall–Kier alpha value is -4.60. The van der Waals surface area contributed by atoms with Crippen molar-refractivity contribution in [2.24, 2.45) is 0 Å². The van der Waals surface area contributed by atoms with Crippen molar-refractivity contribution in [1.82, 2.24) is 0 Å². The molecule has 6 rings (SSSR count). The van der Waals surface area contributed by atoms with Gasteiger partial charge in [0.1, 0.15) is 5.75 Å². The summed E-state index contributed by atoms with van der Waals surface area (Å²) >= 11 is 3.78. The number of anilines is 3. The Labute approximate surface area is 295 Å². The van der Waals surface area contributed by atoms with Gasteiger partial charge in [0.15, 0.2) is 0 Å². The SMILES string of the molecule is COc1cc(-c2cc(C(C)(C)C)cc(C(C)(C)C)c2)cc(N(c2cccc(Br)c2)c2c(-c3ccccc3)cccc2-c2ccccc2)c1. The summed E-state index contributed by atoms with van der Waals surface area (Å²) in [5.41, 5.74) is 12.7. The molecular formula is C45H44BrNO. The molecule has 0 aromatic heterocycles. The van der Waals surface area contributed by atoms with Crippen LogP contribution in [0.2, 0.25) is 0 Å². The van der Waals surface area contributed by atoms with E-state index in [2.05, 4.69) is 202 Å². The van der Waals surface area contributed by atoms with E-state index in [1.807, 2.05) is 0 Å². The smallest absolute Gasteiger partial charge is 0.121 e. The van der Waals surface area contributed by atoms with Gasteiger partial charge in [-0.1, -0.05) is 161 Å². The van der Waals surface area contributed by atoms with E-state index in [9.17, 15) is 0 Å². The number of nitrogens with zero attached hydrogens (tertiary/aromatic N) is 1. The lowest BCUT2D eigenvalue weighted by Crippen LogP contribution is -2.16. The van der Waals surface area contributed by atoms with Gasteiger partial charge in [-0.15, -0.1) is 0 Å². The maximum absolute atomic E-state index is 6.05. The molecule has 0 unspecified atom stereocenters. The van der Waals surface area contributed by atoms with Crippen LogP contribution in [0.1, 0.15) is 52.7 Å². The summed E-state index contributed by atoms with van der Waals surface area (Å²) in [5.74, 6) is 0.805. The Kier molecular flexibility index (Phi) is 9.36. The van der Waals surface area contributed by atoms with E-state index in [1.165, 1.54) is 16.7 Å². The monoisotopic (exact) mass is 693 g/mol. The second-order valence-electron chi connectivity index (χ2n) is 14.5. The molecule has 2 nitrogen and oxygen atoms in total. The minimum Gasteiger partial charge on any atom is -0.497 e. The number of rotatable bonds is 7. The largest absolute Gasteiger partial charge is 0.497 e. The van der Waals surface area contributed by atoms with Crippen LogP contribution in [0.25, 0.3) is 33.4 Å². The first-order valence-electron chi connectivity index (χ1n) is 16.6. The van der Waals surface area contributed by atoms with E-state index >= 15 is 0 Å². The highest BCUT2D eigenvalue weighted by Crippen LogP contribution is 2.48. The highest BCUT2D eigenvalue weighted by molar-refractivity contribution is 9.10. The first-order chi connectivity index (χ1) is 22.9. The lowest BCUT2D eigenvalue weighted by molar-refractivity contribution is 0.415. The molecule has 242 valence electrons. The van der Waals surface area contributed by atoms with Crippen molar-refractivity contribution in [1.29, 1.82) is 0 Å². The average molecular weight is 695 g/mol. The molecule has 0 atom stereocenters. The van der Waals surface area contributed by atoms with Gasteiger partial charge < -0.3 is 9.64 Å². The molecule has 0 radical (unpaired) electrons. The molecule has 0 N–H and O–H groups in total. The first-order valence-corrected chi connectivity index (χ1v) is 17.4. The first kappa shape index (κ1) is 33.3. The van der Waals surface area contributed by atoms with Crippen LogP contribution in [-0.2, 0) is 10.8 Å². The van der Waals surface area contributed by atoms with Crippen molar-refractivity contribution >= 4 is 33.0 Å². The van der Waals surface area contributed by atoms with E-state index in [-0.39, 0.29) is 10.8 Å². The molecule has 0 bridgehead atoms. The number of ether oxygens (including phenoxy) is 1. The van der Waals surface area contributed by atoms with E-state index in [0.717, 1.165) is 55.1 Å². The predicted molar refractivity (Wildman–Crippen MR) is 209 cm³/mol. The highest BCUT2D eigenvalue weighted by Gasteiger charge is 2.25. The summed E-state index contributed by atoms with van der Waals surface area (Å²) in [6.45, 7) is 13.7. The maximum Gasteiger partial charge on any atom is 0.121 e. The molecule has 0 saturated carbocycles. The van der Waals surface area contributed by atoms with Gasteiger partial charge in [0.2, 0.25) is 0 Å². The van der Waals surface area contributed by atoms with Gasteiger partial charge in [-0.3, -0.25) is 0 Å². The van der Waals surface area contributed by atoms with Gasteiger partial charge in [0.05, 0.1) is 18.5 Å². The number of para-hydroxylation sites is 1. The number of benzene rings is 6. The zero-order valence-electron chi connectivity index (χ0n) is 29.0. The molecular weight excluding hydrogens is 650 g/mol. The van der Waals surface area contributed by atoms with Gasteiger partial charge >= 0.3 is 0 Å². The van der Waals surface area contributed by atoms with Crippen LogP contribution in [0, 0.1) is 0 Å². The second kappa shape index (κ2) is 13.5. The molecule has 3 heteroatoms. The van der Waals surface area contributed by atoms with Crippen molar-refractivity contribution < 1.29 is 4.74 Å². The maximum atomic E-state index is 6.05. The van der Waals surface area contributed by atoms with Crippen LogP contribution in [0.5, 0.6) is 5.75 Å². The molecule has 6 aromatic carbocycles. The average Bonchev–Trinajstić information content (AvgIpc) is 3.08. The minimum absolute atomic E-state index is 0.000728. The lowest BCUT2D eigenvalue weighted by Gasteiger charge is -2.31. The normalized spacial score (nSPS) is 11.8. The van der Waals surface area contributed by atoms with Crippen molar-refractivity contribution in [2.75, 3.05) is 12.0 Å². The Morgan fingerprint density at radius 2 is 1.00 bits per heavy atom. The Morgan fingerprint density at radius 1 is 0.479 bits per heavy atom. The van der Waals surface area contributed by atoms with Crippen LogP contribution >= 0.6 is 15.9 Å². The van der Waals surface area contributed by atoms with Crippen molar-refractivity contribution in [3.63, 3.8) is 0 Å². The number of halogens is 1. The van der Waals surface area contributed by atoms with Crippen LogP contribution in [0.3, 0.4) is 0 Å². The number of hydrogen-bond donors (Lipinski definition) is 0. The van der Waals surface area contributed by atoms with E-state index in [1.54, 1.807) is 7.11 Å². The molecule has 6 aromatic rings. The summed E-state index contributed by atoms with van der Waals surface area (Å²) in [6.07, 6.45) is 0. The zero-order valence-corrected chi connectivity index (χ0v) is 30.6. The summed E-state index contributed by atoms with van der Waals surface area (Å²) in [4.78, 5) is 2.39. The fourth-order valence-electron chi connectivity index (χ4n) is 6.17. The van der Waals surface area contributed by atoms with E-state index in [4.69, 9.17) is 4.74 Å². The van der Waals surface area contributed by atoms with Gasteiger partial charge in [-0.05, 0) is 74.5 Å². The van der Waals surface area contributed by atoms with Crippen LogP contribution in [-0.4, -0.2) is 7.11 Å². The zero-order chi connectivity index (χ0) is 34.1. The molecule has 0 saturated heterocycles. The fraction of sp³-hybridized carbons (Fsp3) is 0.200. The summed E-state index contributed by atoms with van der Waals surface area (Å²) in [6, 6.07) is 50.2. The Morgan fingerprint density at radius 3 is 1.50 bits per heavy atom. The van der Waals surface area contributed by atoms with Gasteiger partial charge in [0, 0.05) is 27.4 Å². The van der Waals surface area contributed by atoms with Crippen LogP contribution in [0.15, 0.2) is 144 Å². The summed E-state index contributed by atoms with van der Waals surface area (Å²) in [7, 11) is 1.76. The molecule has 0 aliphatic carbocycles. The van der Waals surface area contributed by atoms with Gasteiger partial charge in [-0.2, -0.15) is 0 Å². The second-order valence-corrected chi connectivity index (χ2v) is 15.4. The predicted octanol–water partition coefficient (Wildman–Crippen LogP) is 13.5. The summed E-state index contributed by atoms with van der Waals surface area (Å²) < 4.78 is 7.06. The van der Waals surface area contributed by atoms with E-state index in [0.29, 0.717) is 0 Å². The number of methoxy groups -OCH3 is 1. The van der Waals surface area contributed by atoms with Crippen molar-refractivity contribution in [3.05, 3.63) is 155 Å². The Bertz CT molecular complexity index is 1940. The number of hydrogen-bond acceptors (Lipinski definition) is 2. The van der Waals surface area contributed by atoms with Crippen LogP contribution < -0.4 is 9.64 Å². The quantitative estimate of drug-likeness (QED) is 0.165. The third-order valence-electron chi connectivity index (χ3n) is 8.88. The topological polar surface area (TPSA) is 12.5 Å². The molecule has 0 aliphatic rings. The molecule has 0 aliphatic heterocycles. The third-order valence-corrected chi connectivity index (χ3v) is 9.37. The van der Waals surface area contributed by atoms with Crippen molar-refractivity contribution in [2.45, 2.75) is 52.4 Å². The lowest BCUT2D eigenvalue weighted by atomic mass is 9.79.